The highest BCUT2D eigenvalue weighted by Crippen LogP contribution is 2.31. The van der Waals surface area contributed by atoms with Crippen molar-refractivity contribution in [2.45, 2.75) is 45.0 Å². The second kappa shape index (κ2) is 8.00. The molecule has 1 fully saturated rings. The summed E-state index contributed by atoms with van der Waals surface area (Å²) in [4.78, 5) is 2.57. The SMILES string of the molecule is CCCNCc1ccc(CN2CCSC(C)(C)C2)c(Br)c1. The second-order valence-corrected chi connectivity index (χ2v) is 9.08. The summed E-state index contributed by atoms with van der Waals surface area (Å²) < 4.78 is 1.63. The van der Waals surface area contributed by atoms with Gasteiger partial charge in [-0.2, -0.15) is 11.8 Å². The number of rotatable bonds is 6. The van der Waals surface area contributed by atoms with Gasteiger partial charge in [0.1, 0.15) is 0 Å². The van der Waals surface area contributed by atoms with Crippen LogP contribution >= 0.6 is 27.7 Å². The van der Waals surface area contributed by atoms with Crippen molar-refractivity contribution < 1.29 is 0 Å². The van der Waals surface area contributed by atoms with Crippen LogP contribution in [-0.4, -0.2) is 35.0 Å². The molecule has 0 aliphatic carbocycles. The van der Waals surface area contributed by atoms with Gasteiger partial charge in [0.25, 0.3) is 0 Å². The van der Waals surface area contributed by atoms with E-state index in [4.69, 9.17) is 0 Å². The summed E-state index contributed by atoms with van der Waals surface area (Å²) in [5.41, 5.74) is 2.76. The van der Waals surface area contributed by atoms with Crippen molar-refractivity contribution in [2.24, 2.45) is 0 Å². The quantitative estimate of drug-likeness (QED) is 0.752. The fraction of sp³-hybridized carbons (Fsp3) is 0.647. The summed E-state index contributed by atoms with van der Waals surface area (Å²) in [6, 6.07) is 6.80. The van der Waals surface area contributed by atoms with Crippen molar-refractivity contribution >= 4 is 27.7 Å². The average Bonchev–Trinajstić information content (AvgIpc) is 2.41. The monoisotopic (exact) mass is 370 g/mol. The maximum Gasteiger partial charge on any atom is 0.0245 e. The van der Waals surface area contributed by atoms with Gasteiger partial charge in [0, 0.05) is 41.2 Å². The fourth-order valence-electron chi connectivity index (χ4n) is 2.73. The molecule has 1 saturated heterocycles. The van der Waals surface area contributed by atoms with Gasteiger partial charge in [0.05, 0.1) is 0 Å². The van der Waals surface area contributed by atoms with Gasteiger partial charge in [0.2, 0.25) is 0 Å². The van der Waals surface area contributed by atoms with E-state index in [1.165, 1.54) is 40.9 Å². The largest absolute Gasteiger partial charge is 0.313 e. The van der Waals surface area contributed by atoms with Gasteiger partial charge in [-0.15, -0.1) is 0 Å². The Kier molecular flexibility index (Phi) is 6.60. The molecule has 0 unspecified atom stereocenters. The molecule has 0 saturated carbocycles. The number of halogens is 1. The topological polar surface area (TPSA) is 15.3 Å². The molecule has 1 aliphatic rings. The molecule has 0 amide bonds. The maximum absolute atomic E-state index is 3.75. The minimum absolute atomic E-state index is 0.384. The lowest BCUT2D eigenvalue weighted by molar-refractivity contribution is 0.252. The molecule has 1 aliphatic heterocycles. The predicted molar refractivity (Wildman–Crippen MR) is 98.0 cm³/mol. The predicted octanol–water partition coefficient (Wildman–Crippen LogP) is 4.28. The molecule has 0 bridgehead atoms. The Morgan fingerprint density at radius 2 is 2.19 bits per heavy atom. The number of benzene rings is 1. The molecule has 1 aromatic carbocycles. The van der Waals surface area contributed by atoms with Crippen LogP contribution in [0.25, 0.3) is 0 Å². The van der Waals surface area contributed by atoms with Crippen LogP contribution in [0, 0.1) is 0 Å². The van der Waals surface area contributed by atoms with Crippen molar-refractivity contribution in [2.75, 3.05) is 25.4 Å². The van der Waals surface area contributed by atoms with Gasteiger partial charge in [-0.1, -0.05) is 35.0 Å². The number of hydrogen-bond acceptors (Lipinski definition) is 3. The molecule has 2 rings (SSSR count). The molecule has 1 N–H and O–H groups in total. The van der Waals surface area contributed by atoms with Crippen LogP contribution in [0.2, 0.25) is 0 Å². The van der Waals surface area contributed by atoms with E-state index in [2.05, 4.69) is 76.9 Å². The van der Waals surface area contributed by atoms with Crippen molar-refractivity contribution in [3.8, 4) is 0 Å². The first-order chi connectivity index (χ1) is 10.00. The number of nitrogens with one attached hydrogen (secondary N) is 1. The van der Waals surface area contributed by atoms with Gasteiger partial charge in [0.15, 0.2) is 0 Å². The highest BCUT2D eigenvalue weighted by molar-refractivity contribution is 9.10. The van der Waals surface area contributed by atoms with Gasteiger partial charge >= 0.3 is 0 Å². The smallest absolute Gasteiger partial charge is 0.0245 e. The Hall–Kier alpha value is -0.0300. The third-order valence-corrected chi connectivity index (χ3v) is 5.81. The Balaban J connectivity index is 1.94. The van der Waals surface area contributed by atoms with Crippen LogP contribution in [0.4, 0.5) is 0 Å². The standard InChI is InChI=1S/C17H27BrN2S/c1-4-7-19-11-14-5-6-15(16(18)10-14)12-20-8-9-21-17(2,3)13-20/h5-6,10,19H,4,7-9,11-13H2,1-3H3. The van der Waals surface area contributed by atoms with Gasteiger partial charge < -0.3 is 5.32 Å². The number of thioether (sulfide) groups is 1. The number of hydrogen-bond donors (Lipinski definition) is 1. The lowest BCUT2D eigenvalue weighted by Crippen LogP contribution is -2.42. The minimum atomic E-state index is 0.384. The van der Waals surface area contributed by atoms with Crippen LogP contribution in [0.15, 0.2) is 22.7 Å². The van der Waals surface area contributed by atoms with Crippen molar-refractivity contribution in [1.29, 1.82) is 0 Å². The van der Waals surface area contributed by atoms with Gasteiger partial charge in [-0.25, -0.2) is 0 Å². The molecule has 0 atom stereocenters. The molecular formula is C17H27BrN2S. The van der Waals surface area contributed by atoms with Gasteiger partial charge in [-0.3, -0.25) is 4.90 Å². The first-order valence-electron chi connectivity index (χ1n) is 7.84. The minimum Gasteiger partial charge on any atom is -0.313 e. The summed E-state index contributed by atoms with van der Waals surface area (Å²) in [6.07, 6.45) is 1.18. The van der Waals surface area contributed by atoms with Crippen LogP contribution in [0.1, 0.15) is 38.3 Å². The zero-order chi connectivity index (χ0) is 15.3. The van der Waals surface area contributed by atoms with E-state index in [9.17, 15) is 0 Å². The molecule has 0 radical (unpaired) electrons. The molecule has 1 heterocycles. The molecule has 1 aromatic rings. The lowest BCUT2D eigenvalue weighted by atomic mass is 10.1. The van der Waals surface area contributed by atoms with E-state index in [-0.39, 0.29) is 0 Å². The van der Waals surface area contributed by atoms with Crippen LogP contribution in [0.3, 0.4) is 0 Å². The van der Waals surface area contributed by atoms with E-state index >= 15 is 0 Å². The molecule has 0 spiro atoms. The van der Waals surface area contributed by atoms with Crippen molar-refractivity contribution in [1.82, 2.24) is 10.2 Å². The second-order valence-electron chi connectivity index (χ2n) is 6.42. The molecule has 21 heavy (non-hydrogen) atoms. The fourth-order valence-corrected chi connectivity index (χ4v) is 4.46. The maximum atomic E-state index is 3.75. The Bertz CT molecular complexity index is 462. The van der Waals surface area contributed by atoms with E-state index in [1.54, 1.807) is 0 Å². The third-order valence-electron chi connectivity index (χ3n) is 3.77. The number of nitrogens with zero attached hydrogens (tertiary/aromatic N) is 1. The average molecular weight is 371 g/mol. The van der Waals surface area contributed by atoms with Crippen LogP contribution < -0.4 is 5.32 Å². The van der Waals surface area contributed by atoms with E-state index in [0.29, 0.717) is 4.75 Å². The molecular weight excluding hydrogens is 344 g/mol. The summed E-state index contributed by atoms with van der Waals surface area (Å²) >= 11 is 5.84. The Morgan fingerprint density at radius 1 is 1.38 bits per heavy atom. The first-order valence-corrected chi connectivity index (χ1v) is 9.62. The van der Waals surface area contributed by atoms with E-state index < -0.39 is 0 Å². The lowest BCUT2D eigenvalue weighted by Gasteiger charge is -2.37. The van der Waals surface area contributed by atoms with Gasteiger partial charge in [-0.05, 0) is 44.0 Å². The van der Waals surface area contributed by atoms with E-state index in [1.807, 2.05) is 0 Å². The molecule has 118 valence electrons. The van der Waals surface area contributed by atoms with Crippen molar-refractivity contribution in [3.63, 3.8) is 0 Å². The van der Waals surface area contributed by atoms with E-state index in [0.717, 1.165) is 19.6 Å². The Labute approximate surface area is 142 Å². The van der Waals surface area contributed by atoms with Crippen LogP contribution in [-0.2, 0) is 13.1 Å². The zero-order valence-corrected chi connectivity index (χ0v) is 15.8. The summed E-state index contributed by atoms with van der Waals surface area (Å²) in [5.74, 6) is 1.24. The third kappa shape index (κ3) is 5.59. The summed E-state index contributed by atoms with van der Waals surface area (Å²) in [6.45, 7) is 12.4. The highest BCUT2D eigenvalue weighted by Gasteiger charge is 2.27. The molecule has 2 nitrogen and oxygen atoms in total. The van der Waals surface area contributed by atoms with Crippen molar-refractivity contribution in [3.05, 3.63) is 33.8 Å². The Morgan fingerprint density at radius 3 is 2.86 bits per heavy atom. The summed E-state index contributed by atoms with van der Waals surface area (Å²) in [5, 5.41) is 3.46. The summed E-state index contributed by atoms with van der Waals surface area (Å²) in [7, 11) is 0. The first kappa shape index (κ1) is 17.3. The molecule has 4 heteroatoms. The highest BCUT2D eigenvalue weighted by atomic mass is 79.9. The normalized spacial score (nSPS) is 18.9. The van der Waals surface area contributed by atoms with Crippen LogP contribution in [0.5, 0.6) is 0 Å². The molecule has 0 aromatic heterocycles. The zero-order valence-electron chi connectivity index (χ0n) is 13.4.